The summed E-state index contributed by atoms with van der Waals surface area (Å²) in [5, 5.41) is 0.618. The molecule has 5 rings (SSSR count). The number of ether oxygens (including phenoxy) is 2. The van der Waals surface area contributed by atoms with Gasteiger partial charge >= 0.3 is 6.18 Å². The van der Waals surface area contributed by atoms with Crippen LogP contribution in [0.15, 0.2) is 59.9 Å². The molecule has 5 aromatic rings. The number of fused-ring (bicyclic) bond motifs is 1. The van der Waals surface area contributed by atoms with Gasteiger partial charge in [0.1, 0.15) is 23.4 Å². The van der Waals surface area contributed by atoms with Crippen molar-refractivity contribution in [1.29, 1.82) is 0 Å². The van der Waals surface area contributed by atoms with E-state index in [1.165, 1.54) is 42.8 Å². The largest absolute Gasteiger partial charge is 0.480 e. The summed E-state index contributed by atoms with van der Waals surface area (Å²) in [6, 6.07) is 9.80. The predicted molar refractivity (Wildman–Crippen MR) is 131 cm³/mol. The monoisotopic (exact) mass is 523 g/mol. The van der Waals surface area contributed by atoms with Crippen LogP contribution in [0.5, 0.6) is 11.8 Å². The maximum absolute atomic E-state index is 13.1. The molecule has 0 atom stereocenters. The van der Waals surface area contributed by atoms with E-state index in [0.717, 1.165) is 11.8 Å². The fraction of sp³-hybridized carbons (Fsp3) is 0.200. The van der Waals surface area contributed by atoms with Gasteiger partial charge in [-0.2, -0.15) is 13.2 Å². The van der Waals surface area contributed by atoms with Crippen molar-refractivity contribution in [2.24, 2.45) is 7.05 Å². The molecule has 0 unspecified atom stereocenters. The van der Waals surface area contributed by atoms with Gasteiger partial charge in [0.25, 0.3) is 5.56 Å². The molecule has 10 nitrogen and oxygen atoms in total. The number of benzene rings is 1. The number of aryl methyl sites for hydroxylation is 1. The number of hydrogen-bond donors (Lipinski definition) is 0. The average Bonchev–Trinajstić information content (AvgIpc) is 3.32. The normalized spacial score (nSPS) is 11.6. The van der Waals surface area contributed by atoms with Gasteiger partial charge in [-0.15, -0.1) is 0 Å². The highest BCUT2D eigenvalue weighted by Crippen LogP contribution is 2.33. The number of aromatic nitrogens is 7. The first-order valence-corrected chi connectivity index (χ1v) is 11.2. The molecule has 0 saturated carbocycles. The van der Waals surface area contributed by atoms with Crippen LogP contribution in [0.2, 0.25) is 0 Å². The summed E-state index contributed by atoms with van der Waals surface area (Å²) >= 11 is 0. The Morgan fingerprint density at radius 1 is 0.921 bits per heavy atom. The minimum atomic E-state index is -4.54. The Bertz CT molecular complexity index is 1670. The third-order valence-corrected chi connectivity index (χ3v) is 5.83. The van der Waals surface area contributed by atoms with Gasteiger partial charge in [-0.3, -0.25) is 9.36 Å². The first-order valence-electron chi connectivity index (χ1n) is 11.2. The standard InChI is InChI=1S/C25H20F3N7O3/c1-34-12-17(25(26,27)28)32-21(34)15-6-4-14(5-7-15)11-35-18(36)9-8-16-10-29-20(33-22(16)35)19-23(37-2)30-13-31-24(19)38-3/h4-10,12-13H,11H2,1-3H3. The molecule has 0 amide bonds. The van der Waals surface area contributed by atoms with E-state index in [-0.39, 0.29) is 35.5 Å². The average molecular weight is 523 g/mol. The molecule has 0 aliphatic rings. The molecule has 38 heavy (non-hydrogen) atoms. The Morgan fingerprint density at radius 3 is 2.21 bits per heavy atom. The smallest absolute Gasteiger partial charge is 0.434 e. The summed E-state index contributed by atoms with van der Waals surface area (Å²) in [5.41, 5.74) is 0.664. The van der Waals surface area contributed by atoms with E-state index < -0.39 is 11.9 Å². The lowest BCUT2D eigenvalue weighted by Crippen LogP contribution is -2.21. The van der Waals surface area contributed by atoms with Gasteiger partial charge in [0.15, 0.2) is 11.5 Å². The molecule has 13 heteroatoms. The molecule has 0 bridgehead atoms. The Kier molecular flexibility index (Phi) is 6.27. The van der Waals surface area contributed by atoms with E-state index in [2.05, 4.69) is 24.9 Å². The fourth-order valence-corrected chi connectivity index (χ4v) is 4.01. The molecular formula is C25H20F3N7O3. The topological polar surface area (TPSA) is 110 Å². The number of nitrogens with zero attached hydrogens (tertiary/aromatic N) is 7. The van der Waals surface area contributed by atoms with Gasteiger partial charge in [-0.05, 0) is 11.6 Å². The number of imidazole rings is 1. The third kappa shape index (κ3) is 4.53. The number of hydrogen-bond acceptors (Lipinski definition) is 8. The second-order valence-electron chi connectivity index (χ2n) is 8.25. The Labute approximate surface area is 213 Å². The van der Waals surface area contributed by atoms with Crippen molar-refractivity contribution in [2.75, 3.05) is 14.2 Å². The molecule has 1 aromatic carbocycles. The van der Waals surface area contributed by atoms with Crippen molar-refractivity contribution in [1.82, 2.24) is 34.1 Å². The van der Waals surface area contributed by atoms with Crippen LogP contribution >= 0.6 is 0 Å². The summed E-state index contributed by atoms with van der Waals surface area (Å²) in [7, 11) is 4.39. The minimum Gasteiger partial charge on any atom is -0.480 e. The molecule has 0 N–H and O–H groups in total. The lowest BCUT2D eigenvalue weighted by molar-refractivity contribution is -0.140. The van der Waals surface area contributed by atoms with E-state index in [4.69, 9.17) is 9.47 Å². The second-order valence-corrected chi connectivity index (χ2v) is 8.25. The highest BCUT2D eigenvalue weighted by molar-refractivity contribution is 5.78. The molecule has 0 spiro atoms. The molecule has 0 saturated heterocycles. The maximum atomic E-state index is 13.1. The Morgan fingerprint density at radius 2 is 1.61 bits per heavy atom. The quantitative estimate of drug-likeness (QED) is 0.331. The van der Waals surface area contributed by atoms with E-state index in [1.807, 2.05) is 0 Å². The van der Waals surface area contributed by atoms with Crippen molar-refractivity contribution < 1.29 is 22.6 Å². The van der Waals surface area contributed by atoms with Crippen LogP contribution in [0, 0.1) is 0 Å². The highest BCUT2D eigenvalue weighted by Gasteiger charge is 2.34. The number of methoxy groups -OCH3 is 2. The van der Waals surface area contributed by atoms with Gasteiger partial charge < -0.3 is 14.0 Å². The lowest BCUT2D eigenvalue weighted by Gasteiger charge is -2.13. The van der Waals surface area contributed by atoms with Crippen LogP contribution in [0.4, 0.5) is 13.2 Å². The van der Waals surface area contributed by atoms with Crippen molar-refractivity contribution >= 4 is 11.0 Å². The molecule has 0 aliphatic heterocycles. The van der Waals surface area contributed by atoms with Gasteiger partial charge in [-0.1, -0.05) is 24.3 Å². The van der Waals surface area contributed by atoms with Crippen molar-refractivity contribution in [3.05, 3.63) is 76.7 Å². The number of halogens is 3. The summed E-state index contributed by atoms with van der Waals surface area (Å²) in [6.07, 6.45) is -0.733. The van der Waals surface area contributed by atoms with Crippen LogP contribution in [-0.4, -0.2) is 48.3 Å². The van der Waals surface area contributed by atoms with E-state index in [0.29, 0.717) is 22.2 Å². The zero-order valence-corrected chi connectivity index (χ0v) is 20.4. The van der Waals surface area contributed by atoms with Gasteiger partial charge in [0.2, 0.25) is 11.8 Å². The van der Waals surface area contributed by atoms with Crippen LogP contribution in [0.25, 0.3) is 33.8 Å². The van der Waals surface area contributed by atoms with E-state index in [9.17, 15) is 18.0 Å². The van der Waals surface area contributed by atoms with Crippen LogP contribution in [-0.2, 0) is 19.8 Å². The molecule has 0 aliphatic carbocycles. The first kappa shape index (κ1) is 24.9. The van der Waals surface area contributed by atoms with Crippen LogP contribution in [0.1, 0.15) is 11.3 Å². The van der Waals surface area contributed by atoms with Crippen molar-refractivity contribution in [2.45, 2.75) is 12.7 Å². The number of alkyl halides is 3. The third-order valence-electron chi connectivity index (χ3n) is 5.83. The molecule has 194 valence electrons. The molecule has 0 radical (unpaired) electrons. The van der Waals surface area contributed by atoms with Crippen molar-refractivity contribution in [3.8, 4) is 34.5 Å². The number of pyridine rings is 1. The SMILES string of the molecule is COc1ncnc(OC)c1-c1ncc2ccc(=O)n(Cc3ccc(-c4nc(C(F)(F)F)cn4C)cc3)c2n1. The van der Waals surface area contributed by atoms with E-state index in [1.54, 1.807) is 36.5 Å². The summed E-state index contributed by atoms with van der Waals surface area (Å²) in [6.45, 7) is 0.154. The van der Waals surface area contributed by atoms with Crippen LogP contribution < -0.4 is 15.0 Å². The molecule has 4 aromatic heterocycles. The maximum Gasteiger partial charge on any atom is 0.434 e. The molecule has 4 heterocycles. The second kappa shape index (κ2) is 9.57. The predicted octanol–water partition coefficient (Wildman–Crippen LogP) is 3.73. The zero-order chi connectivity index (χ0) is 27.0. The highest BCUT2D eigenvalue weighted by atomic mass is 19.4. The summed E-state index contributed by atoms with van der Waals surface area (Å²) < 4.78 is 52.6. The summed E-state index contributed by atoms with van der Waals surface area (Å²) in [4.78, 5) is 33.8. The Balaban J connectivity index is 1.53. The minimum absolute atomic E-state index is 0.154. The summed E-state index contributed by atoms with van der Waals surface area (Å²) in [5.74, 6) is 0.799. The first-order chi connectivity index (χ1) is 18.2. The fourth-order valence-electron chi connectivity index (χ4n) is 4.01. The Hall–Kier alpha value is -4.81. The van der Waals surface area contributed by atoms with Gasteiger partial charge in [-0.25, -0.2) is 24.9 Å². The lowest BCUT2D eigenvalue weighted by atomic mass is 10.1. The van der Waals surface area contributed by atoms with Crippen LogP contribution in [0.3, 0.4) is 0 Å². The molecular weight excluding hydrogens is 503 g/mol. The van der Waals surface area contributed by atoms with Gasteiger partial charge in [0, 0.05) is 36.5 Å². The molecule has 0 fully saturated rings. The zero-order valence-electron chi connectivity index (χ0n) is 20.4. The van der Waals surface area contributed by atoms with Crippen molar-refractivity contribution in [3.63, 3.8) is 0 Å². The van der Waals surface area contributed by atoms with Gasteiger partial charge in [0.05, 0.1) is 20.8 Å². The number of rotatable bonds is 6. The van der Waals surface area contributed by atoms with E-state index >= 15 is 0 Å².